The molecular weight excluding hydrogens is 427 g/mol. The van der Waals surface area contributed by atoms with Gasteiger partial charge >= 0.3 is 6.09 Å². The minimum Gasteiger partial charge on any atom is -0.437 e. The van der Waals surface area contributed by atoms with Crippen LogP contribution in [-0.2, 0) is 16.7 Å². The molecule has 2 unspecified atom stereocenters. The number of fused-ring (bicyclic) bond motifs is 1. The Morgan fingerprint density at radius 2 is 2.12 bits per heavy atom. The van der Waals surface area contributed by atoms with Crippen molar-refractivity contribution in [2.75, 3.05) is 13.1 Å². The van der Waals surface area contributed by atoms with Crippen molar-refractivity contribution in [3.8, 4) is 0 Å². The molecule has 168 valence electrons. The lowest BCUT2D eigenvalue weighted by atomic mass is 9.76. The molecular formula is C24H27FN4O2S. The predicted octanol–water partition coefficient (Wildman–Crippen LogP) is 5.09. The smallest absolute Gasteiger partial charge is 0.420 e. The van der Waals surface area contributed by atoms with Crippen LogP contribution in [0.3, 0.4) is 0 Å². The van der Waals surface area contributed by atoms with Gasteiger partial charge in [-0.25, -0.2) is 14.3 Å². The van der Waals surface area contributed by atoms with Crippen molar-refractivity contribution >= 4 is 17.4 Å². The average molecular weight is 455 g/mol. The molecule has 0 aromatic carbocycles. The van der Waals surface area contributed by atoms with Gasteiger partial charge in [-0.3, -0.25) is 9.88 Å². The van der Waals surface area contributed by atoms with E-state index in [4.69, 9.17) is 4.74 Å². The number of ether oxygens (including phenoxy) is 1. The number of aromatic nitrogens is 3. The van der Waals surface area contributed by atoms with Crippen LogP contribution < -0.4 is 0 Å². The molecule has 2 aliphatic heterocycles. The van der Waals surface area contributed by atoms with Gasteiger partial charge in [-0.15, -0.1) is 11.3 Å². The van der Waals surface area contributed by atoms with E-state index < -0.39 is 6.10 Å². The summed E-state index contributed by atoms with van der Waals surface area (Å²) in [6, 6.07) is 7.55. The highest BCUT2D eigenvalue weighted by Crippen LogP contribution is 2.51. The van der Waals surface area contributed by atoms with Gasteiger partial charge in [0.2, 0.25) is 0 Å². The molecule has 0 spiro atoms. The summed E-state index contributed by atoms with van der Waals surface area (Å²) in [5, 5.41) is -0.169. The summed E-state index contributed by atoms with van der Waals surface area (Å²) in [5.41, 5.74) is 1.62. The van der Waals surface area contributed by atoms with E-state index in [1.807, 2.05) is 25.3 Å². The molecule has 1 saturated heterocycles. The van der Waals surface area contributed by atoms with E-state index in [9.17, 15) is 9.18 Å². The van der Waals surface area contributed by atoms with Crippen LogP contribution >= 0.6 is 11.3 Å². The number of hydrogen-bond donors (Lipinski definition) is 0. The highest BCUT2D eigenvalue weighted by Gasteiger charge is 2.53. The maximum Gasteiger partial charge on any atom is 0.420 e. The molecule has 32 heavy (non-hydrogen) atoms. The minimum atomic E-state index is -0.410. The molecule has 5 heterocycles. The van der Waals surface area contributed by atoms with E-state index in [2.05, 4.69) is 34.8 Å². The van der Waals surface area contributed by atoms with Crippen molar-refractivity contribution in [2.24, 2.45) is 5.41 Å². The molecule has 0 amide bonds. The number of thiophene rings is 1. The third kappa shape index (κ3) is 3.55. The molecule has 5 rings (SSSR count). The van der Waals surface area contributed by atoms with Crippen molar-refractivity contribution in [1.82, 2.24) is 19.4 Å². The zero-order valence-corrected chi connectivity index (χ0v) is 19.4. The summed E-state index contributed by atoms with van der Waals surface area (Å²) < 4.78 is 21.0. The second-order valence-corrected chi connectivity index (χ2v) is 10.5. The number of likely N-dealkylation sites (tertiary alicyclic amines) is 1. The molecule has 3 aromatic rings. The monoisotopic (exact) mass is 454 g/mol. The van der Waals surface area contributed by atoms with Gasteiger partial charge in [0.05, 0.1) is 0 Å². The molecule has 0 bridgehead atoms. The van der Waals surface area contributed by atoms with E-state index in [0.29, 0.717) is 5.82 Å². The zero-order chi connectivity index (χ0) is 22.5. The summed E-state index contributed by atoms with van der Waals surface area (Å²) in [7, 11) is 0. The van der Waals surface area contributed by atoms with Crippen molar-refractivity contribution < 1.29 is 13.9 Å². The third-order valence-electron chi connectivity index (χ3n) is 7.17. The van der Waals surface area contributed by atoms with Crippen LogP contribution in [0.1, 0.15) is 54.8 Å². The fourth-order valence-corrected chi connectivity index (χ4v) is 5.79. The number of carbonyl (C=O) groups is 1. The van der Waals surface area contributed by atoms with E-state index >= 15 is 0 Å². The Hall–Kier alpha value is -2.58. The zero-order valence-electron chi connectivity index (χ0n) is 18.5. The lowest BCUT2D eigenvalue weighted by Crippen LogP contribution is -2.43. The van der Waals surface area contributed by atoms with Gasteiger partial charge in [-0.05, 0) is 70.3 Å². The normalized spacial score (nSPS) is 23.5. The number of halogens is 1. The van der Waals surface area contributed by atoms with Gasteiger partial charge < -0.3 is 4.74 Å². The van der Waals surface area contributed by atoms with Crippen molar-refractivity contribution in [3.05, 3.63) is 69.9 Å². The lowest BCUT2D eigenvalue weighted by Gasteiger charge is -2.39. The van der Waals surface area contributed by atoms with Crippen LogP contribution in [0.2, 0.25) is 0 Å². The van der Waals surface area contributed by atoms with E-state index in [1.165, 1.54) is 22.0 Å². The van der Waals surface area contributed by atoms with Gasteiger partial charge in [0.25, 0.3) is 0 Å². The molecule has 3 aromatic heterocycles. The summed E-state index contributed by atoms with van der Waals surface area (Å²) in [6.07, 6.45) is 6.88. The SMILES string of the molecule is Cc1ccc(C(C)(C)N2CCC(CCc3ccc(F)s3)(C3OC(=O)n4ccnc43)C2)cn1. The third-order valence-corrected chi connectivity index (χ3v) is 8.10. The first-order valence-corrected chi connectivity index (χ1v) is 11.8. The van der Waals surface area contributed by atoms with Gasteiger partial charge in [-0.2, -0.15) is 4.39 Å². The second-order valence-electron chi connectivity index (χ2n) is 9.41. The summed E-state index contributed by atoms with van der Waals surface area (Å²) >= 11 is 1.19. The van der Waals surface area contributed by atoms with Gasteiger partial charge in [0.1, 0.15) is 0 Å². The second kappa shape index (κ2) is 7.78. The highest BCUT2D eigenvalue weighted by atomic mass is 32.1. The Morgan fingerprint density at radius 3 is 2.84 bits per heavy atom. The van der Waals surface area contributed by atoms with Gasteiger partial charge in [0.15, 0.2) is 17.1 Å². The average Bonchev–Trinajstić information content (AvgIpc) is 3.53. The predicted molar refractivity (Wildman–Crippen MR) is 120 cm³/mol. The Balaban J connectivity index is 1.46. The molecule has 0 N–H and O–H groups in total. The van der Waals surface area contributed by atoms with Crippen molar-refractivity contribution in [1.29, 1.82) is 0 Å². The van der Waals surface area contributed by atoms with Gasteiger partial charge in [-0.1, -0.05) is 6.07 Å². The standard InChI is InChI=1S/C24H27FN4O2S/c1-16-4-5-17(14-27-16)23(2,3)28-12-10-24(15-28,9-8-18-6-7-19(25)32-18)20-21-26-11-13-29(21)22(30)31-20/h4-7,11,13-14,20H,8-10,12,15H2,1-3H3. The quantitative estimate of drug-likeness (QED) is 0.519. The summed E-state index contributed by atoms with van der Waals surface area (Å²) in [5.74, 6) is 0.670. The first kappa shape index (κ1) is 21.3. The van der Waals surface area contributed by atoms with E-state index in [1.54, 1.807) is 12.4 Å². The fraction of sp³-hybridized carbons (Fsp3) is 0.458. The molecule has 0 aliphatic carbocycles. The Bertz CT molecular complexity index is 1140. The molecule has 6 nitrogen and oxygen atoms in total. The Labute approximate surface area is 191 Å². The Morgan fingerprint density at radius 1 is 1.28 bits per heavy atom. The first-order chi connectivity index (χ1) is 15.3. The topological polar surface area (TPSA) is 60.2 Å². The van der Waals surface area contributed by atoms with Crippen LogP contribution in [0, 0.1) is 17.5 Å². The number of rotatable bonds is 6. The molecule has 1 fully saturated rings. The molecule has 8 heteroatoms. The molecule has 2 atom stereocenters. The first-order valence-electron chi connectivity index (χ1n) is 11.0. The Kier molecular flexibility index (Phi) is 5.17. The highest BCUT2D eigenvalue weighted by molar-refractivity contribution is 7.10. The minimum absolute atomic E-state index is 0.169. The fourth-order valence-electron chi connectivity index (χ4n) is 5.07. The molecule has 0 radical (unpaired) electrons. The van der Waals surface area contributed by atoms with Crippen LogP contribution in [0.25, 0.3) is 0 Å². The van der Waals surface area contributed by atoms with E-state index in [-0.39, 0.29) is 22.2 Å². The number of nitrogens with zero attached hydrogens (tertiary/aromatic N) is 4. The maximum absolute atomic E-state index is 13.6. The largest absolute Gasteiger partial charge is 0.437 e. The van der Waals surface area contributed by atoms with Crippen LogP contribution in [0.5, 0.6) is 0 Å². The lowest BCUT2D eigenvalue weighted by molar-refractivity contribution is 0.00977. The number of aryl methyl sites for hydroxylation is 2. The van der Waals surface area contributed by atoms with Crippen LogP contribution in [-0.4, -0.2) is 38.6 Å². The van der Waals surface area contributed by atoms with Crippen molar-refractivity contribution in [3.63, 3.8) is 0 Å². The van der Waals surface area contributed by atoms with Crippen molar-refractivity contribution in [2.45, 2.75) is 51.7 Å². The maximum atomic E-state index is 13.6. The number of hydrogen-bond acceptors (Lipinski definition) is 6. The number of imidazole rings is 1. The number of pyridine rings is 1. The van der Waals surface area contributed by atoms with Crippen LogP contribution in [0.15, 0.2) is 42.9 Å². The van der Waals surface area contributed by atoms with E-state index in [0.717, 1.165) is 48.5 Å². The number of carbonyl (C=O) groups excluding carboxylic acids is 1. The summed E-state index contributed by atoms with van der Waals surface area (Å²) in [6.45, 7) is 8.04. The molecule has 0 saturated carbocycles. The number of cyclic esters (lactones) is 1. The summed E-state index contributed by atoms with van der Waals surface area (Å²) in [4.78, 5) is 24.9. The van der Waals surface area contributed by atoms with Gasteiger partial charge in [0, 0.05) is 46.7 Å². The van der Waals surface area contributed by atoms with Crippen LogP contribution in [0.4, 0.5) is 9.18 Å². The molecule has 2 aliphatic rings.